The highest BCUT2D eigenvalue weighted by Gasteiger charge is 2.33. The van der Waals surface area contributed by atoms with Gasteiger partial charge >= 0.3 is 19.9 Å². The Labute approximate surface area is 245 Å². The SMILES string of the molecule is NC(=O)[C@H](CC(=O)O)NC(=O)[C@H](Cc1ccc2c(c1)COP(=O)(O)O2)NC(=O)OCC1c2ccccc2-c2ccccc21. The minimum Gasteiger partial charge on any atom is -0.481 e. The van der Waals surface area contributed by atoms with E-state index in [1.807, 2.05) is 48.5 Å². The maximum atomic E-state index is 13.2. The molecule has 2 aliphatic rings. The van der Waals surface area contributed by atoms with E-state index in [0.717, 1.165) is 22.3 Å². The summed E-state index contributed by atoms with van der Waals surface area (Å²) < 4.78 is 27.1. The van der Waals surface area contributed by atoms with Crippen LogP contribution in [0.25, 0.3) is 11.1 Å². The van der Waals surface area contributed by atoms with Gasteiger partial charge in [-0.3, -0.25) is 23.8 Å². The highest BCUT2D eigenvalue weighted by atomic mass is 31.2. The van der Waals surface area contributed by atoms with Crippen LogP contribution in [0, 0.1) is 0 Å². The lowest BCUT2D eigenvalue weighted by molar-refractivity contribution is -0.140. The lowest BCUT2D eigenvalue weighted by Gasteiger charge is -2.24. The van der Waals surface area contributed by atoms with Crippen LogP contribution >= 0.6 is 7.82 Å². The van der Waals surface area contributed by atoms with Crippen molar-refractivity contribution in [2.24, 2.45) is 5.73 Å². The number of nitrogens with one attached hydrogen (secondary N) is 2. The van der Waals surface area contributed by atoms with E-state index < -0.39 is 50.2 Å². The number of rotatable bonds is 10. The van der Waals surface area contributed by atoms with E-state index in [1.54, 1.807) is 6.07 Å². The number of carboxylic acid groups (broad SMARTS) is 1. The van der Waals surface area contributed by atoms with Crippen LogP contribution < -0.4 is 20.9 Å². The number of carbonyl (C=O) groups excluding carboxylic acids is 3. The van der Waals surface area contributed by atoms with Crippen LogP contribution in [0.4, 0.5) is 4.79 Å². The molecule has 0 saturated heterocycles. The predicted octanol–water partition coefficient (Wildman–Crippen LogP) is 2.59. The van der Waals surface area contributed by atoms with Crippen LogP contribution in [0.3, 0.4) is 0 Å². The van der Waals surface area contributed by atoms with Crippen molar-refractivity contribution in [3.8, 4) is 16.9 Å². The first-order chi connectivity index (χ1) is 20.5. The summed E-state index contributed by atoms with van der Waals surface area (Å²) in [6.07, 6.45) is -1.80. The zero-order valence-corrected chi connectivity index (χ0v) is 23.5. The van der Waals surface area contributed by atoms with Crippen molar-refractivity contribution in [1.29, 1.82) is 0 Å². The molecule has 3 atom stereocenters. The molecule has 1 aliphatic heterocycles. The fourth-order valence-corrected chi connectivity index (χ4v) is 5.94. The third-order valence-corrected chi connectivity index (χ3v) is 8.04. The number of amides is 3. The molecule has 0 aromatic heterocycles. The Morgan fingerprint density at radius 3 is 2.26 bits per heavy atom. The minimum absolute atomic E-state index is 0.0220. The summed E-state index contributed by atoms with van der Waals surface area (Å²) in [4.78, 5) is 58.8. The molecule has 0 radical (unpaired) electrons. The topological polar surface area (TPSA) is 204 Å². The van der Waals surface area contributed by atoms with E-state index in [2.05, 4.69) is 10.6 Å². The second-order valence-corrected chi connectivity index (χ2v) is 11.4. The Morgan fingerprint density at radius 1 is 0.977 bits per heavy atom. The normalized spacial score (nSPS) is 18.2. The average molecular weight is 610 g/mol. The number of fused-ring (bicyclic) bond motifs is 4. The van der Waals surface area contributed by atoms with Crippen molar-refractivity contribution in [3.63, 3.8) is 0 Å². The maximum absolute atomic E-state index is 13.2. The maximum Gasteiger partial charge on any atom is 0.527 e. The monoisotopic (exact) mass is 609 g/mol. The Morgan fingerprint density at radius 2 is 1.63 bits per heavy atom. The summed E-state index contributed by atoms with van der Waals surface area (Å²) in [5.74, 6) is -3.40. The molecule has 1 aliphatic carbocycles. The lowest BCUT2D eigenvalue weighted by atomic mass is 9.98. The van der Waals surface area contributed by atoms with Gasteiger partial charge in [0, 0.05) is 17.9 Å². The van der Waals surface area contributed by atoms with Crippen LogP contribution in [0.2, 0.25) is 0 Å². The van der Waals surface area contributed by atoms with E-state index >= 15 is 0 Å². The molecule has 13 nitrogen and oxygen atoms in total. The third-order valence-electron chi connectivity index (χ3n) is 7.15. The number of aliphatic carboxylic acids is 1. The number of benzene rings is 3. The molecule has 0 fully saturated rings. The number of hydrogen-bond acceptors (Lipinski definition) is 8. The number of ether oxygens (including phenoxy) is 1. The number of phosphoric acid groups is 1. The molecule has 43 heavy (non-hydrogen) atoms. The second-order valence-electron chi connectivity index (χ2n) is 10.1. The summed E-state index contributed by atoms with van der Waals surface area (Å²) in [6, 6.07) is 17.2. The van der Waals surface area contributed by atoms with Crippen molar-refractivity contribution in [3.05, 3.63) is 89.0 Å². The molecule has 1 heterocycles. The summed E-state index contributed by atoms with van der Waals surface area (Å²) >= 11 is 0. The summed E-state index contributed by atoms with van der Waals surface area (Å²) in [5, 5.41) is 13.9. The smallest absolute Gasteiger partial charge is 0.481 e. The van der Waals surface area contributed by atoms with Gasteiger partial charge in [0.15, 0.2) is 0 Å². The van der Waals surface area contributed by atoms with Crippen molar-refractivity contribution in [2.75, 3.05) is 6.61 Å². The zero-order valence-electron chi connectivity index (χ0n) is 22.6. The summed E-state index contributed by atoms with van der Waals surface area (Å²) in [6.45, 7) is -0.248. The Hall–Kier alpha value is -4.71. The first-order valence-electron chi connectivity index (χ1n) is 13.2. The number of carbonyl (C=O) groups is 4. The van der Waals surface area contributed by atoms with E-state index in [-0.39, 0.29) is 31.3 Å². The van der Waals surface area contributed by atoms with Gasteiger partial charge in [-0.15, -0.1) is 0 Å². The fraction of sp³-hybridized carbons (Fsp3) is 0.241. The number of primary amides is 1. The molecule has 0 spiro atoms. The van der Waals surface area contributed by atoms with Gasteiger partial charge in [0.1, 0.15) is 24.4 Å². The van der Waals surface area contributed by atoms with Crippen molar-refractivity contribution in [1.82, 2.24) is 10.6 Å². The summed E-state index contributed by atoms with van der Waals surface area (Å²) in [7, 11) is -4.22. The van der Waals surface area contributed by atoms with Crippen LogP contribution in [0.5, 0.6) is 5.75 Å². The number of nitrogens with two attached hydrogens (primary N) is 1. The molecule has 3 aromatic rings. The Balaban J connectivity index is 1.33. The largest absolute Gasteiger partial charge is 0.527 e. The Kier molecular flexibility index (Phi) is 8.49. The van der Waals surface area contributed by atoms with E-state index in [4.69, 9.17) is 24.6 Å². The van der Waals surface area contributed by atoms with Gasteiger partial charge in [0.25, 0.3) is 0 Å². The van der Waals surface area contributed by atoms with Gasteiger partial charge in [0.2, 0.25) is 11.8 Å². The second kappa shape index (κ2) is 12.3. The molecule has 6 N–H and O–H groups in total. The Bertz CT molecular complexity index is 1600. The van der Waals surface area contributed by atoms with Crippen molar-refractivity contribution < 1.29 is 47.5 Å². The predicted molar refractivity (Wildman–Crippen MR) is 151 cm³/mol. The standard InChI is InChI=1S/C29H28N3O10P/c30-27(35)23(13-26(33)34)31-28(36)24(12-16-9-10-25-17(11-16)14-41-43(38,39)42-25)32-29(37)40-15-22-20-7-3-1-5-18(20)19-6-2-4-8-21(19)22/h1-11,22-24H,12-15H2,(H2,30,35)(H,31,36)(H,32,37)(H,33,34)(H,38,39)/t23-,24-/m0/s1. The molecule has 1 unspecified atom stereocenters. The molecule has 3 aromatic carbocycles. The molecular weight excluding hydrogens is 581 g/mol. The van der Waals surface area contributed by atoms with Crippen LogP contribution in [0.1, 0.15) is 34.6 Å². The number of hydrogen-bond donors (Lipinski definition) is 5. The minimum atomic E-state index is -4.22. The van der Waals surface area contributed by atoms with Gasteiger partial charge in [-0.1, -0.05) is 54.6 Å². The molecular formula is C29H28N3O10P. The molecule has 3 amide bonds. The number of carboxylic acids is 1. The van der Waals surface area contributed by atoms with E-state index in [0.29, 0.717) is 11.1 Å². The fourth-order valence-electron chi connectivity index (χ4n) is 5.16. The quantitative estimate of drug-likeness (QED) is 0.213. The molecule has 5 rings (SSSR count). The van der Waals surface area contributed by atoms with Crippen molar-refractivity contribution in [2.45, 2.75) is 37.5 Å². The van der Waals surface area contributed by atoms with Crippen molar-refractivity contribution >= 4 is 31.7 Å². The average Bonchev–Trinajstić information content (AvgIpc) is 3.28. The van der Waals surface area contributed by atoms with Crippen LogP contribution in [-0.2, 0) is 41.2 Å². The van der Waals surface area contributed by atoms with Gasteiger partial charge in [-0.05, 0) is 39.9 Å². The van der Waals surface area contributed by atoms with E-state index in [1.165, 1.54) is 12.1 Å². The molecule has 14 heteroatoms. The first kappa shape index (κ1) is 29.8. The molecule has 0 bridgehead atoms. The van der Waals surface area contributed by atoms with E-state index in [9.17, 15) is 28.6 Å². The highest BCUT2D eigenvalue weighted by Crippen LogP contribution is 2.50. The van der Waals surface area contributed by atoms with Gasteiger partial charge < -0.3 is 30.7 Å². The van der Waals surface area contributed by atoms with Gasteiger partial charge in [-0.25, -0.2) is 9.36 Å². The highest BCUT2D eigenvalue weighted by molar-refractivity contribution is 7.47. The number of alkyl carbamates (subject to hydrolysis) is 1. The van der Waals surface area contributed by atoms with Gasteiger partial charge in [-0.2, -0.15) is 0 Å². The molecule has 224 valence electrons. The van der Waals surface area contributed by atoms with Crippen LogP contribution in [0.15, 0.2) is 66.7 Å². The lowest BCUT2D eigenvalue weighted by Crippen LogP contribution is -2.54. The van der Waals surface area contributed by atoms with Gasteiger partial charge in [0.05, 0.1) is 13.0 Å². The summed E-state index contributed by atoms with van der Waals surface area (Å²) in [5.41, 5.74) is 10.3. The first-order valence-corrected chi connectivity index (χ1v) is 14.7. The zero-order chi connectivity index (χ0) is 30.7. The number of phosphoric ester groups is 1. The van der Waals surface area contributed by atoms with Crippen LogP contribution in [-0.4, -0.2) is 52.6 Å². The molecule has 0 saturated carbocycles. The third kappa shape index (κ3) is 6.86.